The molecule has 9 heteroatoms. The number of aromatic nitrogens is 2. The van der Waals surface area contributed by atoms with Crippen molar-refractivity contribution in [3.63, 3.8) is 0 Å². The molecule has 0 aliphatic carbocycles. The van der Waals surface area contributed by atoms with Crippen LogP contribution in [0, 0.1) is 0 Å². The van der Waals surface area contributed by atoms with E-state index in [1.54, 1.807) is 32.4 Å². The molecule has 3 aromatic rings. The Morgan fingerprint density at radius 1 is 0.848 bits per heavy atom. The summed E-state index contributed by atoms with van der Waals surface area (Å²) in [7, 11) is 3.13. The van der Waals surface area contributed by atoms with Gasteiger partial charge >= 0.3 is 0 Å². The molecule has 0 bridgehead atoms. The van der Waals surface area contributed by atoms with Gasteiger partial charge < -0.3 is 28.7 Å². The van der Waals surface area contributed by atoms with Crippen LogP contribution in [0.3, 0.4) is 0 Å². The molecule has 0 atom stereocenters. The second-order valence-electron chi connectivity index (χ2n) is 7.69. The van der Waals surface area contributed by atoms with Crippen LogP contribution in [0.25, 0.3) is 11.3 Å². The molecule has 0 unspecified atom stereocenters. The monoisotopic (exact) mass is 448 g/mol. The highest BCUT2D eigenvalue weighted by molar-refractivity contribution is 5.95. The smallest absolute Gasteiger partial charge is 0.254 e. The first kappa shape index (κ1) is 20.9. The van der Waals surface area contributed by atoms with Crippen LogP contribution in [-0.4, -0.2) is 68.2 Å². The van der Waals surface area contributed by atoms with Gasteiger partial charge in [0.05, 0.1) is 19.9 Å². The summed E-state index contributed by atoms with van der Waals surface area (Å²) in [5, 5.41) is 8.80. The fourth-order valence-corrected chi connectivity index (χ4v) is 3.99. The number of nitrogens with zero attached hydrogens (tertiary/aromatic N) is 4. The molecule has 0 N–H and O–H groups in total. The standard InChI is InChI=1S/C24H24N4O5/c1-30-19-6-4-17(14-21(19)31-2)24(29)28-11-9-27(10-12-28)23-8-5-18(25-26-23)16-3-7-20-22(13-16)33-15-32-20/h3-8,13-14H,9-12,15H2,1-2H3. The van der Waals surface area contributed by atoms with Crippen LogP contribution in [0.5, 0.6) is 23.0 Å². The van der Waals surface area contributed by atoms with E-state index in [0.29, 0.717) is 49.0 Å². The van der Waals surface area contributed by atoms with Crippen LogP contribution in [0.2, 0.25) is 0 Å². The number of hydrogen-bond acceptors (Lipinski definition) is 8. The summed E-state index contributed by atoms with van der Waals surface area (Å²) in [6.07, 6.45) is 0. The molecular formula is C24H24N4O5. The summed E-state index contributed by atoms with van der Waals surface area (Å²) in [5.41, 5.74) is 2.26. The fourth-order valence-electron chi connectivity index (χ4n) is 3.99. The Balaban J connectivity index is 1.22. The summed E-state index contributed by atoms with van der Waals surface area (Å²) in [6, 6.07) is 14.9. The molecule has 3 heterocycles. The maximum absolute atomic E-state index is 13.0. The van der Waals surface area contributed by atoms with Gasteiger partial charge in [-0.3, -0.25) is 4.79 Å². The molecule has 1 saturated heterocycles. The molecular weight excluding hydrogens is 424 g/mol. The Bertz CT molecular complexity index is 1160. The number of amides is 1. The number of methoxy groups -OCH3 is 2. The highest BCUT2D eigenvalue weighted by atomic mass is 16.7. The van der Waals surface area contributed by atoms with Crippen LogP contribution < -0.4 is 23.8 Å². The Hall–Kier alpha value is -4.01. The predicted molar refractivity (Wildman–Crippen MR) is 121 cm³/mol. The second kappa shape index (κ2) is 8.85. The maximum Gasteiger partial charge on any atom is 0.254 e. The Morgan fingerprint density at radius 2 is 1.64 bits per heavy atom. The lowest BCUT2D eigenvalue weighted by molar-refractivity contribution is 0.0746. The van der Waals surface area contributed by atoms with Crippen molar-refractivity contribution in [1.29, 1.82) is 0 Å². The number of rotatable bonds is 5. The van der Waals surface area contributed by atoms with Crippen molar-refractivity contribution >= 4 is 11.7 Å². The van der Waals surface area contributed by atoms with Gasteiger partial charge in [0.2, 0.25) is 6.79 Å². The molecule has 0 spiro atoms. The van der Waals surface area contributed by atoms with Crippen LogP contribution in [-0.2, 0) is 0 Å². The molecule has 1 fully saturated rings. The summed E-state index contributed by atoms with van der Waals surface area (Å²) in [6.45, 7) is 2.79. The summed E-state index contributed by atoms with van der Waals surface area (Å²) < 4.78 is 21.4. The number of fused-ring (bicyclic) bond motifs is 1. The van der Waals surface area contributed by atoms with Crippen molar-refractivity contribution in [3.05, 3.63) is 54.1 Å². The lowest BCUT2D eigenvalue weighted by atomic mass is 10.1. The SMILES string of the molecule is COc1ccc(C(=O)N2CCN(c3ccc(-c4ccc5c(c4)OCO5)nn3)CC2)cc1OC. The number of piperazine rings is 1. The first-order valence-electron chi connectivity index (χ1n) is 10.7. The summed E-state index contributed by atoms with van der Waals surface area (Å²) in [4.78, 5) is 16.9. The molecule has 9 nitrogen and oxygen atoms in total. The van der Waals surface area contributed by atoms with E-state index >= 15 is 0 Å². The van der Waals surface area contributed by atoms with Crippen LogP contribution in [0.4, 0.5) is 5.82 Å². The third-order valence-electron chi connectivity index (χ3n) is 5.84. The van der Waals surface area contributed by atoms with Crippen molar-refractivity contribution in [1.82, 2.24) is 15.1 Å². The van der Waals surface area contributed by atoms with Crippen LogP contribution in [0.1, 0.15) is 10.4 Å². The largest absolute Gasteiger partial charge is 0.493 e. The normalized spacial score (nSPS) is 14.8. The third kappa shape index (κ3) is 4.09. The number of carbonyl (C=O) groups is 1. The van der Waals surface area contributed by atoms with Gasteiger partial charge in [-0.05, 0) is 48.5 Å². The van der Waals surface area contributed by atoms with Gasteiger partial charge in [0.25, 0.3) is 5.91 Å². The van der Waals surface area contributed by atoms with Gasteiger partial charge in [-0.2, -0.15) is 0 Å². The molecule has 2 aliphatic heterocycles. The fraction of sp³-hybridized carbons (Fsp3) is 0.292. The minimum atomic E-state index is -0.0279. The van der Waals surface area contributed by atoms with E-state index in [4.69, 9.17) is 18.9 Å². The topological polar surface area (TPSA) is 86.3 Å². The average Bonchev–Trinajstić information content (AvgIpc) is 3.36. The van der Waals surface area contributed by atoms with Gasteiger partial charge in [0, 0.05) is 37.3 Å². The number of ether oxygens (including phenoxy) is 4. The Kier molecular flexibility index (Phi) is 5.60. The van der Waals surface area contributed by atoms with Crippen molar-refractivity contribution in [2.75, 3.05) is 52.1 Å². The number of anilines is 1. The average molecular weight is 448 g/mol. The zero-order valence-corrected chi connectivity index (χ0v) is 18.5. The van der Waals surface area contributed by atoms with Crippen molar-refractivity contribution < 1.29 is 23.7 Å². The van der Waals surface area contributed by atoms with E-state index in [1.165, 1.54) is 0 Å². The van der Waals surface area contributed by atoms with Crippen LogP contribution in [0.15, 0.2) is 48.5 Å². The molecule has 0 saturated carbocycles. The minimum Gasteiger partial charge on any atom is -0.493 e. The first-order chi connectivity index (χ1) is 16.2. The second-order valence-corrected chi connectivity index (χ2v) is 7.69. The Labute approximate surface area is 191 Å². The first-order valence-corrected chi connectivity index (χ1v) is 10.7. The molecule has 33 heavy (non-hydrogen) atoms. The number of benzene rings is 2. The third-order valence-corrected chi connectivity index (χ3v) is 5.84. The molecule has 2 aliphatic rings. The van der Waals surface area contributed by atoms with Crippen molar-refractivity contribution in [2.45, 2.75) is 0 Å². The number of hydrogen-bond donors (Lipinski definition) is 0. The highest BCUT2D eigenvalue weighted by Crippen LogP contribution is 2.35. The van der Waals surface area contributed by atoms with Gasteiger partial charge in [-0.15, -0.1) is 10.2 Å². The van der Waals surface area contributed by atoms with E-state index in [0.717, 1.165) is 22.8 Å². The quantitative estimate of drug-likeness (QED) is 0.589. The summed E-state index contributed by atoms with van der Waals surface area (Å²) >= 11 is 0. The number of carbonyl (C=O) groups excluding carboxylic acids is 1. The van der Waals surface area contributed by atoms with Crippen molar-refractivity contribution in [3.8, 4) is 34.3 Å². The lowest BCUT2D eigenvalue weighted by Crippen LogP contribution is -2.49. The van der Waals surface area contributed by atoms with E-state index in [9.17, 15) is 4.79 Å². The molecule has 1 amide bonds. The molecule has 170 valence electrons. The van der Waals surface area contributed by atoms with E-state index in [2.05, 4.69) is 15.1 Å². The molecule has 0 radical (unpaired) electrons. The van der Waals surface area contributed by atoms with Gasteiger partial charge in [-0.1, -0.05) is 0 Å². The zero-order valence-electron chi connectivity index (χ0n) is 18.5. The predicted octanol–water partition coefficient (Wildman–Crippen LogP) is 2.85. The van der Waals surface area contributed by atoms with Gasteiger partial charge in [0.15, 0.2) is 28.8 Å². The van der Waals surface area contributed by atoms with E-state index in [-0.39, 0.29) is 12.7 Å². The van der Waals surface area contributed by atoms with Gasteiger partial charge in [0.1, 0.15) is 0 Å². The molecule has 1 aromatic heterocycles. The van der Waals surface area contributed by atoms with E-state index < -0.39 is 0 Å². The minimum absolute atomic E-state index is 0.0279. The van der Waals surface area contributed by atoms with E-state index in [1.807, 2.05) is 35.2 Å². The van der Waals surface area contributed by atoms with Gasteiger partial charge in [-0.25, -0.2) is 0 Å². The van der Waals surface area contributed by atoms with Crippen LogP contribution >= 0.6 is 0 Å². The lowest BCUT2D eigenvalue weighted by Gasteiger charge is -2.35. The molecule has 5 rings (SSSR count). The maximum atomic E-state index is 13.0. The highest BCUT2D eigenvalue weighted by Gasteiger charge is 2.24. The van der Waals surface area contributed by atoms with Crippen molar-refractivity contribution in [2.24, 2.45) is 0 Å². The Morgan fingerprint density at radius 3 is 2.36 bits per heavy atom. The summed E-state index contributed by atoms with van der Waals surface area (Å²) in [5.74, 6) is 3.36. The molecule has 2 aromatic carbocycles. The zero-order chi connectivity index (χ0) is 22.8.